The van der Waals surface area contributed by atoms with Crippen LogP contribution in [0.3, 0.4) is 0 Å². The van der Waals surface area contributed by atoms with E-state index >= 15 is 0 Å². The fraction of sp³-hybridized carbons (Fsp3) is 0.273. The molecule has 8 heteroatoms. The van der Waals surface area contributed by atoms with Crippen molar-refractivity contribution in [2.24, 2.45) is 5.84 Å². The lowest BCUT2D eigenvalue weighted by Gasteiger charge is -2.07. The summed E-state index contributed by atoms with van der Waals surface area (Å²) in [5.74, 6) is 5.22. The van der Waals surface area contributed by atoms with E-state index in [1.807, 2.05) is 6.92 Å². The predicted molar refractivity (Wildman–Crippen MR) is 81.0 cm³/mol. The summed E-state index contributed by atoms with van der Waals surface area (Å²) in [4.78, 5) is 15.8. The molecule has 0 atom stereocenters. The Balaban J connectivity index is 2.45. The molecule has 0 aliphatic rings. The van der Waals surface area contributed by atoms with Gasteiger partial charge in [0.1, 0.15) is 5.52 Å². The summed E-state index contributed by atoms with van der Waals surface area (Å²) < 4.78 is 0.689. The van der Waals surface area contributed by atoms with Gasteiger partial charge < -0.3 is 5.32 Å². The molecule has 0 saturated carbocycles. The van der Waals surface area contributed by atoms with Crippen LogP contribution < -0.4 is 16.6 Å². The molecule has 1 amide bonds. The summed E-state index contributed by atoms with van der Waals surface area (Å²) in [5, 5.41) is 4.09. The van der Waals surface area contributed by atoms with Crippen LogP contribution in [0.1, 0.15) is 19.8 Å². The first kappa shape index (κ1) is 14.3. The molecule has 0 unspecified atom stereocenters. The Morgan fingerprint density at radius 1 is 1.53 bits per heavy atom. The number of anilines is 2. The number of carbonyl (C=O) groups is 1. The first-order valence-corrected chi connectivity index (χ1v) is 7.19. The maximum Gasteiger partial charge on any atom is 0.224 e. The molecule has 1 aromatic heterocycles. The van der Waals surface area contributed by atoms with Crippen LogP contribution in [0, 0.1) is 0 Å². The molecule has 5 nitrogen and oxygen atoms in total. The maximum absolute atomic E-state index is 11.6. The highest BCUT2D eigenvalue weighted by atomic mass is 35.5. The van der Waals surface area contributed by atoms with Gasteiger partial charge in [-0.15, -0.1) is 0 Å². The summed E-state index contributed by atoms with van der Waals surface area (Å²) in [6.45, 7) is 1.93. The molecule has 0 spiro atoms. The normalized spacial score (nSPS) is 10.7. The number of carbonyl (C=O) groups excluding carboxylic acids is 1. The van der Waals surface area contributed by atoms with Gasteiger partial charge in [-0.1, -0.05) is 41.5 Å². The van der Waals surface area contributed by atoms with Gasteiger partial charge in [-0.05, 0) is 12.5 Å². The van der Waals surface area contributed by atoms with Gasteiger partial charge in [0.25, 0.3) is 0 Å². The summed E-state index contributed by atoms with van der Waals surface area (Å²) in [5.41, 5.74) is 3.51. The molecule has 0 radical (unpaired) electrons. The number of aromatic nitrogens is 1. The van der Waals surface area contributed by atoms with Gasteiger partial charge in [0.15, 0.2) is 5.13 Å². The maximum atomic E-state index is 11.6. The van der Waals surface area contributed by atoms with Crippen molar-refractivity contribution in [2.75, 3.05) is 10.7 Å². The third kappa shape index (κ3) is 2.92. The smallest absolute Gasteiger partial charge is 0.224 e. The van der Waals surface area contributed by atoms with Crippen LogP contribution in [0.5, 0.6) is 0 Å². The van der Waals surface area contributed by atoms with Crippen molar-refractivity contribution in [2.45, 2.75) is 19.8 Å². The highest BCUT2D eigenvalue weighted by Gasteiger charge is 2.16. The Hall–Kier alpha value is -1.08. The molecular weight excluding hydrogens is 307 g/mol. The minimum atomic E-state index is -0.0958. The molecule has 1 heterocycles. The number of benzene rings is 1. The van der Waals surface area contributed by atoms with Gasteiger partial charge in [0.2, 0.25) is 5.91 Å². The van der Waals surface area contributed by atoms with Gasteiger partial charge >= 0.3 is 0 Å². The van der Waals surface area contributed by atoms with Crippen molar-refractivity contribution in [3.63, 3.8) is 0 Å². The van der Waals surface area contributed by atoms with Gasteiger partial charge in [-0.3, -0.25) is 10.2 Å². The first-order valence-electron chi connectivity index (χ1n) is 5.61. The second-order valence-corrected chi connectivity index (χ2v) is 5.64. The number of nitrogens with zero attached hydrogens (tertiary/aromatic N) is 1. The molecule has 1 aromatic carbocycles. The van der Waals surface area contributed by atoms with Gasteiger partial charge in [0, 0.05) is 6.42 Å². The third-order valence-electron chi connectivity index (χ3n) is 2.43. The average Bonchev–Trinajstić information content (AvgIpc) is 2.81. The standard InChI is InChI=1S/C11H12Cl2N4OS/c1-2-3-7(18)15-6-4-5(12)9-10(8(6)13)19-11(16-9)17-14/h4H,2-3,14H2,1H3,(H,15,18)(H,16,17). The molecule has 0 saturated heterocycles. The van der Waals surface area contributed by atoms with E-state index < -0.39 is 0 Å². The van der Waals surface area contributed by atoms with Crippen LogP contribution in [0.4, 0.5) is 10.8 Å². The highest BCUT2D eigenvalue weighted by molar-refractivity contribution is 7.23. The number of rotatable bonds is 4. The summed E-state index contributed by atoms with van der Waals surface area (Å²) in [6, 6.07) is 1.60. The van der Waals surface area contributed by atoms with Crippen molar-refractivity contribution >= 4 is 61.5 Å². The van der Waals surface area contributed by atoms with Crippen LogP contribution in [0.15, 0.2) is 6.07 Å². The Labute approximate surface area is 124 Å². The molecular formula is C11H12Cl2N4OS. The Bertz CT molecular complexity index is 629. The fourth-order valence-corrected chi connectivity index (χ4v) is 3.05. The number of nitrogens with one attached hydrogen (secondary N) is 2. The monoisotopic (exact) mass is 318 g/mol. The minimum Gasteiger partial charge on any atom is -0.325 e. The van der Waals surface area contributed by atoms with Crippen molar-refractivity contribution in [3.8, 4) is 0 Å². The van der Waals surface area contributed by atoms with Crippen LogP contribution in [-0.2, 0) is 4.79 Å². The number of amides is 1. The summed E-state index contributed by atoms with van der Waals surface area (Å²) >= 11 is 13.7. The van der Waals surface area contributed by atoms with E-state index in [2.05, 4.69) is 15.7 Å². The third-order valence-corrected chi connectivity index (χ3v) is 4.23. The number of nitrogen functional groups attached to an aromatic ring is 1. The largest absolute Gasteiger partial charge is 0.325 e. The van der Waals surface area contributed by atoms with E-state index in [0.29, 0.717) is 37.5 Å². The van der Waals surface area contributed by atoms with E-state index in [4.69, 9.17) is 29.0 Å². The second kappa shape index (κ2) is 5.92. The average molecular weight is 319 g/mol. The number of halogens is 2. The van der Waals surface area contributed by atoms with E-state index in [1.54, 1.807) is 6.07 Å². The fourth-order valence-electron chi connectivity index (χ4n) is 1.60. The number of nitrogens with two attached hydrogens (primary N) is 1. The molecule has 0 fully saturated rings. The SMILES string of the molecule is CCCC(=O)Nc1cc(Cl)c2nc(NN)sc2c1Cl. The predicted octanol–water partition coefficient (Wildman–Crippen LogP) is 3.63. The molecule has 4 N–H and O–H groups in total. The van der Waals surface area contributed by atoms with Crippen molar-refractivity contribution in [1.29, 1.82) is 0 Å². The first-order chi connectivity index (χ1) is 9.06. The van der Waals surface area contributed by atoms with E-state index in [-0.39, 0.29) is 5.91 Å². The van der Waals surface area contributed by atoms with Crippen LogP contribution in [0.25, 0.3) is 10.2 Å². The molecule has 2 rings (SSSR count). The van der Waals surface area contributed by atoms with Crippen LogP contribution in [0.2, 0.25) is 10.0 Å². The number of thiazole rings is 1. The van der Waals surface area contributed by atoms with Crippen LogP contribution in [-0.4, -0.2) is 10.9 Å². The van der Waals surface area contributed by atoms with E-state index in [1.165, 1.54) is 11.3 Å². The van der Waals surface area contributed by atoms with Gasteiger partial charge in [-0.2, -0.15) is 0 Å². The molecule has 19 heavy (non-hydrogen) atoms. The quantitative estimate of drug-likeness (QED) is 0.594. The Morgan fingerprint density at radius 2 is 2.26 bits per heavy atom. The van der Waals surface area contributed by atoms with Crippen molar-refractivity contribution < 1.29 is 4.79 Å². The molecule has 2 aromatic rings. The lowest BCUT2D eigenvalue weighted by Crippen LogP contribution is -2.10. The lowest BCUT2D eigenvalue weighted by molar-refractivity contribution is -0.116. The number of hydrogen-bond donors (Lipinski definition) is 3. The zero-order valence-corrected chi connectivity index (χ0v) is 12.4. The van der Waals surface area contributed by atoms with Crippen molar-refractivity contribution in [1.82, 2.24) is 4.98 Å². The summed E-state index contributed by atoms with van der Waals surface area (Å²) in [7, 11) is 0. The highest BCUT2D eigenvalue weighted by Crippen LogP contribution is 2.40. The number of hydrogen-bond acceptors (Lipinski definition) is 5. The van der Waals surface area contributed by atoms with Gasteiger partial charge in [0.05, 0.1) is 20.4 Å². The zero-order chi connectivity index (χ0) is 14.0. The second-order valence-electron chi connectivity index (χ2n) is 3.86. The van der Waals surface area contributed by atoms with Crippen LogP contribution >= 0.6 is 34.5 Å². The molecule has 0 aliphatic carbocycles. The molecule has 0 bridgehead atoms. The zero-order valence-electron chi connectivity index (χ0n) is 10.1. The Morgan fingerprint density at radius 3 is 2.89 bits per heavy atom. The minimum absolute atomic E-state index is 0.0958. The topological polar surface area (TPSA) is 80.0 Å². The number of hydrazine groups is 1. The van der Waals surface area contributed by atoms with E-state index in [9.17, 15) is 4.79 Å². The van der Waals surface area contributed by atoms with E-state index in [0.717, 1.165) is 6.42 Å². The van der Waals surface area contributed by atoms with Crippen molar-refractivity contribution in [3.05, 3.63) is 16.1 Å². The molecule has 102 valence electrons. The summed E-state index contributed by atoms with van der Waals surface area (Å²) in [6.07, 6.45) is 1.20. The van der Waals surface area contributed by atoms with Gasteiger partial charge in [-0.25, -0.2) is 10.8 Å². The molecule has 0 aliphatic heterocycles. The lowest BCUT2D eigenvalue weighted by atomic mass is 10.2. The Kier molecular flexibility index (Phi) is 4.46. The number of fused-ring (bicyclic) bond motifs is 1.